The summed E-state index contributed by atoms with van der Waals surface area (Å²) >= 11 is 0. The first-order valence-electron chi connectivity index (χ1n) is 5.59. The zero-order valence-electron chi connectivity index (χ0n) is 9.70. The third kappa shape index (κ3) is 1.76. The second kappa shape index (κ2) is 4.14. The van der Waals surface area contributed by atoms with Gasteiger partial charge < -0.3 is 11.1 Å². The molecular formula is C11H17N5. The van der Waals surface area contributed by atoms with Crippen LogP contribution in [0.2, 0.25) is 0 Å². The fourth-order valence-corrected chi connectivity index (χ4v) is 2.30. The van der Waals surface area contributed by atoms with Gasteiger partial charge in [0, 0.05) is 19.1 Å². The highest BCUT2D eigenvalue weighted by Gasteiger charge is 2.26. The summed E-state index contributed by atoms with van der Waals surface area (Å²) in [5.74, 6) is 0.794. The minimum absolute atomic E-state index is 0.182. The van der Waals surface area contributed by atoms with Gasteiger partial charge in [-0.1, -0.05) is 0 Å². The van der Waals surface area contributed by atoms with E-state index in [4.69, 9.17) is 11.0 Å². The summed E-state index contributed by atoms with van der Waals surface area (Å²) in [5.41, 5.74) is 7.39. The van der Waals surface area contributed by atoms with Crippen molar-refractivity contribution >= 4 is 5.82 Å². The number of anilines is 1. The zero-order valence-corrected chi connectivity index (χ0v) is 9.70. The highest BCUT2D eigenvalue weighted by atomic mass is 15.3. The van der Waals surface area contributed by atoms with Crippen LogP contribution in [0.25, 0.3) is 0 Å². The van der Waals surface area contributed by atoms with E-state index in [1.54, 1.807) is 4.68 Å². The molecule has 1 aliphatic carbocycles. The van der Waals surface area contributed by atoms with Crippen molar-refractivity contribution in [3.8, 4) is 6.07 Å². The molecule has 0 spiro atoms. The van der Waals surface area contributed by atoms with Crippen LogP contribution in [-0.4, -0.2) is 21.9 Å². The Morgan fingerprint density at radius 3 is 2.88 bits per heavy atom. The van der Waals surface area contributed by atoms with Gasteiger partial charge in [-0.3, -0.25) is 4.68 Å². The Bertz CT molecular complexity index is 428. The maximum absolute atomic E-state index is 9.08. The molecule has 0 radical (unpaired) electrons. The quantitative estimate of drug-likeness (QED) is 0.774. The van der Waals surface area contributed by atoms with Gasteiger partial charge in [0.15, 0.2) is 0 Å². The summed E-state index contributed by atoms with van der Waals surface area (Å²) in [5, 5.41) is 16.7. The first-order chi connectivity index (χ1) is 7.63. The largest absolute Gasteiger partial charge is 0.365 e. The lowest BCUT2D eigenvalue weighted by Crippen LogP contribution is -2.36. The first-order valence-corrected chi connectivity index (χ1v) is 5.59. The molecule has 0 aromatic carbocycles. The molecule has 1 aliphatic rings. The van der Waals surface area contributed by atoms with E-state index in [1.807, 2.05) is 14.0 Å². The van der Waals surface area contributed by atoms with Gasteiger partial charge in [0.1, 0.15) is 17.5 Å². The van der Waals surface area contributed by atoms with Crippen molar-refractivity contribution < 1.29 is 0 Å². The molecule has 0 amide bonds. The number of hydrogen-bond acceptors (Lipinski definition) is 4. The van der Waals surface area contributed by atoms with Crippen LogP contribution in [0.15, 0.2) is 0 Å². The molecule has 0 aliphatic heterocycles. The Morgan fingerprint density at radius 2 is 2.31 bits per heavy atom. The number of aromatic nitrogens is 2. The fourth-order valence-electron chi connectivity index (χ4n) is 2.30. The van der Waals surface area contributed by atoms with Crippen LogP contribution >= 0.6 is 0 Å². The van der Waals surface area contributed by atoms with Crippen LogP contribution in [0.5, 0.6) is 0 Å². The van der Waals surface area contributed by atoms with Gasteiger partial charge in [-0.05, 0) is 26.2 Å². The second-order valence-corrected chi connectivity index (χ2v) is 4.39. The van der Waals surface area contributed by atoms with Crippen LogP contribution in [0.4, 0.5) is 5.82 Å². The number of nitrogens with zero attached hydrogens (tertiary/aromatic N) is 3. The van der Waals surface area contributed by atoms with Gasteiger partial charge in [0.05, 0.1) is 5.69 Å². The van der Waals surface area contributed by atoms with E-state index in [2.05, 4.69) is 16.5 Å². The smallest absolute Gasteiger partial charge is 0.142 e. The number of aryl methyl sites for hydroxylation is 2. The number of nitrogens with one attached hydrogen (secondary N) is 1. The fraction of sp³-hybridized carbons (Fsp3) is 0.636. The third-order valence-corrected chi connectivity index (χ3v) is 3.23. The van der Waals surface area contributed by atoms with E-state index in [0.717, 1.165) is 30.8 Å². The molecule has 1 aromatic heterocycles. The SMILES string of the molecule is Cc1nn(C)c(NC2CCCC2N)c1C#N. The van der Waals surface area contributed by atoms with Crippen molar-refractivity contribution in [2.75, 3.05) is 5.32 Å². The van der Waals surface area contributed by atoms with E-state index < -0.39 is 0 Å². The van der Waals surface area contributed by atoms with E-state index in [9.17, 15) is 0 Å². The van der Waals surface area contributed by atoms with Gasteiger partial charge in [-0.25, -0.2) is 0 Å². The van der Waals surface area contributed by atoms with Crippen LogP contribution in [0.1, 0.15) is 30.5 Å². The van der Waals surface area contributed by atoms with Crippen LogP contribution in [0.3, 0.4) is 0 Å². The summed E-state index contributed by atoms with van der Waals surface area (Å²) in [7, 11) is 1.84. The number of rotatable bonds is 2. The average Bonchev–Trinajstić information content (AvgIpc) is 2.74. The van der Waals surface area contributed by atoms with Crippen molar-refractivity contribution in [1.29, 1.82) is 5.26 Å². The third-order valence-electron chi connectivity index (χ3n) is 3.23. The van der Waals surface area contributed by atoms with Gasteiger partial charge in [0.2, 0.25) is 0 Å². The van der Waals surface area contributed by atoms with E-state index in [1.165, 1.54) is 0 Å². The molecule has 2 unspecified atom stereocenters. The lowest BCUT2D eigenvalue weighted by atomic mass is 10.1. The monoisotopic (exact) mass is 219 g/mol. The lowest BCUT2D eigenvalue weighted by Gasteiger charge is -2.18. The molecule has 1 aromatic rings. The van der Waals surface area contributed by atoms with Crippen molar-refractivity contribution in [3.05, 3.63) is 11.3 Å². The predicted molar refractivity (Wildman–Crippen MR) is 61.9 cm³/mol. The maximum Gasteiger partial charge on any atom is 0.142 e. The molecule has 86 valence electrons. The topological polar surface area (TPSA) is 79.7 Å². The van der Waals surface area contributed by atoms with E-state index >= 15 is 0 Å². The molecule has 1 fully saturated rings. The standard InChI is InChI=1S/C11H17N5/c1-7-8(6-12)11(16(2)15-7)14-10-5-3-4-9(10)13/h9-10,14H,3-5,13H2,1-2H3. The molecule has 2 rings (SSSR count). The lowest BCUT2D eigenvalue weighted by molar-refractivity contribution is 0.626. The summed E-state index contributed by atoms with van der Waals surface area (Å²) in [6.07, 6.45) is 3.27. The molecule has 0 saturated heterocycles. The number of nitriles is 1. The number of hydrogen-bond donors (Lipinski definition) is 2. The van der Waals surface area contributed by atoms with Gasteiger partial charge >= 0.3 is 0 Å². The van der Waals surface area contributed by atoms with Gasteiger partial charge in [-0.2, -0.15) is 10.4 Å². The molecular weight excluding hydrogens is 202 g/mol. The minimum atomic E-state index is 0.182. The highest BCUT2D eigenvalue weighted by molar-refractivity contribution is 5.55. The summed E-state index contributed by atoms with van der Waals surface area (Å²) < 4.78 is 1.72. The Hall–Kier alpha value is -1.54. The second-order valence-electron chi connectivity index (χ2n) is 4.39. The van der Waals surface area contributed by atoms with Crippen molar-refractivity contribution in [2.24, 2.45) is 12.8 Å². The Morgan fingerprint density at radius 1 is 1.56 bits per heavy atom. The predicted octanol–water partition coefficient (Wildman–Crippen LogP) is 0.892. The first kappa shape index (κ1) is 11.0. The summed E-state index contributed by atoms with van der Waals surface area (Å²) in [4.78, 5) is 0. The van der Waals surface area contributed by atoms with E-state index in [0.29, 0.717) is 5.56 Å². The van der Waals surface area contributed by atoms with Crippen molar-refractivity contribution in [1.82, 2.24) is 9.78 Å². The Balaban J connectivity index is 2.24. The molecule has 5 heteroatoms. The van der Waals surface area contributed by atoms with Gasteiger partial charge in [0.25, 0.3) is 0 Å². The molecule has 3 N–H and O–H groups in total. The Labute approximate surface area is 95.2 Å². The number of nitrogens with two attached hydrogens (primary N) is 1. The van der Waals surface area contributed by atoms with Crippen LogP contribution < -0.4 is 11.1 Å². The van der Waals surface area contributed by atoms with Crippen molar-refractivity contribution in [2.45, 2.75) is 38.3 Å². The highest BCUT2D eigenvalue weighted by Crippen LogP contribution is 2.24. The molecule has 5 nitrogen and oxygen atoms in total. The minimum Gasteiger partial charge on any atom is -0.365 e. The molecule has 1 heterocycles. The van der Waals surface area contributed by atoms with Crippen LogP contribution in [0, 0.1) is 18.3 Å². The molecule has 0 bridgehead atoms. The van der Waals surface area contributed by atoms with E-state index in [-0.39, 0.29) is 12.1 Å². The molecule has 16 heavy (non-hydrogen) atoms. The normalized spacial score (nSPS) is 24.4. The summed E-state index contributed by atoms with van der Waals surface area (Å²) in [6, 6.07) is 2.63. The zero-order chi connectivity index (χ0) is 11.7. The maximum atomic E-state index is 9.08. The van der Waals surface area contributed by atoms with Crippen molar-refractivity contribution in [3.63, 3.8) is 0 Å². The Kier molecular flexibility index (Phi) is 2.84. The van der Waals surface area contributed by atoms with Gasteiger partial charge in [-0.15, -0.1) is 0 Å². The molecule has 2 atom stereocenters. The van der Waals surface area contributed by atoms with Crippen LogP contribution in [-0.2, 0) is 7.05 Å². The molecule has 1 saturated carbocycles. The average molecular weight is 219 g/mol. The summed E-state index contributed by atoms with van der Waals surface area (Å²) in [6.45, 7) is 1.85.